The van der Waals surface area contributed by atoms with E-state index >= 15 is 0 Å². The highest BCUT2D eigenvalue weighted by atomic mass is 32.2. The molecule has 0 bridgehead atoms. The number of fused-ring (bicyclic) bond motifs is 1. The molecular weight excluding hydrogens is 462 g/mol. The predicted molar refractivity (Wildman–Crippen MR) is 92.9 cm³/mol. The van der Waals surface area contributed by atoms with Gasteiger partial charge in [-0.1, -0.05) is 30.4 Å². The first-order valence-corrected chi connectivity index (χ1v) is 11.2. The average molecular weight is 474 g/mol. The first-order chi connectivity index (χ1) is 13.7. The molecule has 30 heavy (non-hydrogen) atoms. The number of hydrogen-bond donors (Lipinski definition) is 0. The second-order valence-electron chi connectivity index (χ2n) is 6.89. The van der Waals surface area contributed by atoms with Crippen LogP contribution in [0, 0.1) is 0 Å². The van der Waals surface area contributed by atoms with Gasteiger partial charge in [-0.15, -0.1) is 0 Å². The van der Waals surface area contributed by atoms with Crippen LogP contribution in [-0.2, 0) is 25.5 Å². The number of sulfonamides is 2. The van der Waals surface area contributed by atoms with E-state index in [-0.39, 0.29) is 26.3 Å². The summed E-state index contributed by atoms with van der Waals surface area (Å²) in [6, 6.07) is 3.52. The maximum atomic E-state index is 13.4. The summed E-state index contributed by atoms with van der Waals surface area (Å²) in [5.41, 5.74) is -13.8. The Morgan fingerprint density at radius 2 is 1.53 bits per heavy atom. The number of benzene rings is 1. The molecule has 1 fully saturated rings. The van der Waals surface area contributed by atoms with E-state index in [1.54, 1.807) is 0 Å². The van der Waals surface area contributed by atoms with Crippen LogP contribution in [0.15, 0.2) is 48.2 Å². The molecule has 1 aliphatic carbocycles. The van der Waals surface area contributed by atoms with E-state index in [1.807, 2.05) is 0 Å². The molecule has 0 radical (unpaired) electrons. The second kappa shape index (κ2) is 5.93. The predicted octanol–water partition coefficient (Wildman–Crippen LogP) is 2.97. The summed E-state index contributed by atoms with van der Waals surface area (Å²) in [5.74, 6) is 0. The fraction of sp³-hybridized carbons (Fsp3) is 0.375. The Morgan fingerprint density at radius 3 is 2.13 bits per heavy atom. The van der Waals surface area contributed by atoms with E-state index < -0.39 is 54.8 Å². The summed E-state index contributed by atoms with van der Waals surface area (Å²) in [6.45, 7) is -0.667. The Labute approximate surface area is 167 Å². The van der Waals surface area contributed by atoms with Crippen LogP contribution in [0.4, 0.5) is 32.0 Å². The van der Waals surface area contributed by atoms with Crippen molar-refractivity contribution in [2.75, 3.05) is 10.8 Å². The van der Waals surface area contributed by atoms with Crippen LogP contribution in [-0.4, -0.2) is 44.7 Å². The van der Waals surface area contributed by atoms with E-state index in [0.717, 1.165) is 24.3 Å². The molecule has 14 heteroatoms. The smallest absolute Gasteiger partial charge is 0.266 e. The SMILES string of the molecule is O=S(=O)(N1CC[C@@]23C1=CC=C[C@@H]2N(S(=O)(=O)C(F)(F)F)c1ccccc13)C(F)(F)F. The zero-order valence-corrected chi connectivity index (χ0v) is 16.3. The fourth-order valence-corrected chi connectivity index (χ4v) is 6.62. The van der Waals surface area contributed by atoms with E-state index in [2.05, 4.69) is 0 Å². The molecule has 2 aliphatic heterocycles. The second-order valence-corrected chi connectivity index (χ2v) is 10.5. The van der Waals surface area contributed by atoms with Crippen molar-refractivity contribution in [3.05, 3.63) is 53.8 Å². The lowest BCUT2D eigenvalue weighted by Crippen LogP contribution is -2.51. The highest BCUT2D eigenvalue weighted by Gasteiger charge is 2.66. The minimum absolute atomic E-state index is 0.0123. The quantitative estimate of drug-likeness (QED) is 0.618. The van der Waals surface area contributed by atoms with Gasteiger partial charge in [0.25, 0.3) is 0 Å². The van der Waals surface area contributed by atoms with E-state index in [0.29, 0.717) is 0 Å². The molecule has 164 valence electrons. The van der Waals surface area contributed by atoms with Gasteiger partial charge in [0.1, 0.15) is 0 Å². The Kier molecular flexibility index (Phi) is 4.16. The first kappa shape index (κ1) is 21.0. The molecule has 0 saturated carbocycles. The van der Waals surface area contributed by atoms with Crippen LogP contribution >= 0.6 is 0 Å². The van der Waals surface area contributed by atoms with E-state index in [4.69, 9.17) is 0 Å². The highest BCUT2D eigenvalue weighted by molar-refractivity contribution is 7.93. The summed E-state index contributed by atoms with van der Waals surface area (Å²) in [6.07, 6.45) is 2.92. The molecule has 4 rings (SSSR count). The van der Waals surface area contributed by atoms with Gasteiger partial charge in [0.15, 0.2) is 0 Å². The molecule has 3 aliphatic rings. The van der Waals surface area contributed by atoms with Crippen molar-refractivity contribution >= 4 is 25.7 Å². The third-order valence-corrected chi connectivity index (χ3v) is 8.57. The van der Waals surface area contributed by atoms with E-state index in [9.17, 15) is 43.2 Å². The van der Waals surface area contributed by atoms with Gasteiger partial charge in [-0.25, -0.2) is 0 Å². The number of hydrogen-bond acceptors (Lipinski definition) is 4. The van der Waals surface area contributed by atoms with Gasteiger partial charge < -0.3 is 0 Å². The number of nitrogens with zero attached hydrogens (tertiary/aromatic N) is 2. The molecule has 1 saturated heterocycles. The molecular formula is C16H12F6N2O4S2. The summed E-state index contributed by atoms with van der Waals surface area (Å²) >= 11 is 0. The van der Waals surface area contributed by atoms with Crippen molar-refractivity contribution in [2.24, 2.45) is 0 Å². The summed E-state index contributed by atoms with van der Waals surface area (Å²) in [4.78, 5) is 0. The maximum absolute atomic E-state index is 13.4. The highest BCUT2D eigenvalue weighted by Crippen LogP contribution is 2.59. The zero-order valence-electron chi connectivity index (χ0n) is 14.6. The van der Waals surface area contributed by atoms with E-state index in [1.165, 1.54) is 18.2 Å². The largest absolute Gasteiger partial charge is 0.516 e. The van der Waals surface area contributed by atoms with Gasteiger partial charge in [0, 0.05) is 12.2 Å². The van der Waals surface area contributed by atoms with Crippen LogP contribution in [0.3, 0.4) is 0 Å². The minimum atomic E-state index is -5.92. The zero-order chi connectivity index (χ0) is 22.3. The maximum Gasteiger partial charge on any atom is 0.516 e. The molecule has 0 unspecified atom stereocenters. The third kappa shape index (κ3) is 2.43. The normalized spacial score (nSPS) is 26.3. The average Bonchev–Trinajstić information content (AvgIpc) is 3.15. The lowest BCUT2D eigenvalue weighted by atomic mass is 9.71. The molecule has 1 aromatic rings. The van der Waals surface area contributed by atoms with Crippen LogP contribution in [0.1, 0.15) is 12.0 Å². The first-order valence-electron chi connectivity index (χ1n) is 8.35. The number of rotatable bonds is 2. The lowest BCUT2D eigenvalue weighted by Gasteiger charge is -2.38. The van der Waals surface area contributed by atoms with Crippen LogP contribution < -0.4 is 4.31 Å². The van der Waals surface area contributed by atoms with Gasteiger partial charge in [-0.2, -0.15) is 43.2 Å². The Morgan fingerprint density at radius 1 is 0.933 bits per heavy atom. The monoisotopic (exact) mass is 474 g/mol. The van der Waals surface area contributed by atoms with Crippen molar-refractivity contribution in [3.8, 4) is 0 Å². The number of allylic oxidation sites excluding steroid dienone is 2. The summed E-state index contributed by atoms with van der Waals surface area (Å²) < 4.78 is 129. The number of anilines is 1. The summed E-state index contributed by atoms with van der Waals surface area (Å²) in [7, 11) is -11.8. The van der Waals surface area contributed by atoms with Crippen molar-refractivity contribution in [2.45, 2.75) is 28.9 Å². The molecule has 0 aromatic heterocycles. The van der Waals surface area contributed by atoms with Crippen LogP contribution in [0.25, 0.3) is 0 Å². The molecule has 2 heterocycles. The Balaban J connectivity index is 1.96. The van der Waals surface area contributed by atoms with Gasteiger partial charge in [-0.05, 0) is 24.1 Å². The minimum Gasteiger partial charge on any atom is -0.266 e. The molecule has 1 spiro atoms. The lowest BCUT2D eigenvalue weighted by molar-refractivity contribution is -0.0478. The van der Waals surface area contributed by atoms with Crippen LogP contribution in [0.5, 0.6) is 0 Å². The molecule has 6 nitrogen and oxygen atoms in total. The molecule has 0 amide bonds. The third-order valence-electron chi connectivity index (χ3n) is 5.50. The Bertz CT molecular complexity index is 1190. The standard InChI is InChI=1S/C16H12F6N2O4S2/c17-15(18,19)29(25,26)23-9-8-14-10-4-1-2-5-11(10)24(30(27,28)16(20,21)22)13(14)7-3-6-12(14)23/h1-7,13H,8-9H2/t13-,14+/m0/s1. The van der Waals surface area contributed by atoms with Crippen molar-refractivity contribution < 1.29 is 43.2 Å². The van der Waals surface area contributed by atoms with Gasteiger partial charge >= 0.3 is 31.1 Å². The van der Waals surface area contributed by atoms with Gasteiger partial charge in [-0.3, -0.25) is 8.61 Å². The number of halogens is 6. The Hall–Kier alpha value is -2.22. The molecule has 0 N–H and O–H groups in total. The van der Waals surface area contributed by atoms with Gasteiger partial charge in [0.05, 0.1) is 17.1 Å². The topological polar surface area (TPSA) is 74.8 Å². The summed E-state index contributed by atoms with van der Waals surface area (Å²) in [5, 5.41) is 0. The fourth-order valence-electron chi connectivity index (χ4n) is 4.36. The number of para-hydroxylation sites is 1. The van der Waals surface area contributed by atoms with Gasteiger partial charge in [0.2, 0.25) is 0 Å². The van der Waals surface area contributed by atoms with Crippen LogP contribution in [0.2, 0.25) is 0 Å². The number of alkyl halides is 6. The van der Waals surface area contributed by atoms with Crippen molar-refractivity contribution in [1.82, 2.24) is 4.31 Å². The van der Waals surface area contributed by atoms with Crippen molar-refractivity contribution in [3.63, 3.8) is 0 Å². The molecule has 2 atom stereocenters. The molecule has 1 aromatic carbocycles. The van der Waals surface area contributed by atoms with Crippen molar-refractivity contribution in [1.29, 1.82) is 0 Å².